The maximum atomic E-state index is 12.1. The highest BCUT2D eigenvalue weighted by Gasteiger charge is 2.12. The van der Waals surface area contributed by atoms with Crippen molar-refractivity contribution in [2.75, 3.05) is 27.2 Å². The van der Waals surface area contributed by atoms with E-state index in [0.29, 0.717) is 6.42 Å². The van der Waals surface area contributed by atoms with Gasteiger partial charge in [-0.15, -0.1) is 0 Å². The standard InChI is InChI=1S/C17H28N2O/c1-12-10-13(2)15(4)16(14(12)3)11-17(20)18-8-7-9-19(5)6/h10H,7-9,11H2,1-6H3,(H,18,20). The van der Waals surface area contributed by atoms with Gasteiger partial charge in [0.05, 0.1) is 6.42 Å². The van der Waals surface area contributed by atoms with Crippen LogP contribution in [0.2, 0.25) is 0 Å². The molecule has 112 valence electrons. The molecule has 0 aliphatic rings. The number of carbonyl (C=O) groups excluding carboxylic acids is 1. The van der Waals surface area contributed by atoms with E-state index in [1.54, 1.807) is 0 Å². The average molecular weight is 276 g/mol. The number of amides is 1. The third-order valence-corrected chi connectivity index (χ3v) is 3.96. The van der Waals surface area contributed by atoms with Crippen LogP contribution in [0, 0.1) is 27.7 Å². The van der Waals surface area contributed by atoms with Crippen molar-refractivity contribution < 1.29 is 4.79 Å². The van der Waals surface area contributed by atoms with Crippen LogP contribution in [0.4, 0.5) is 0 Å². The summed E-state index contributed by atoms with van der Waals surface area (Å²) in [5, 5.41) is 3.01. The van der Waals surface area contributed by atoms with E-state index in [1.165, 1.54) is 27.8 Å². The van der Waals surface area contributed by atoms with Gasteiger partial charge in [-0.1, -0.05) is 6.07 Å². The Morgan fingerprint density at radius 2 is 1.65 bits per heavy atom. The van der Waals surface area contributed by atoms with Gasteiger partial charge in [-0.3, -0.25) is 4.79 Å². The van der Waals surface area contributed by atoms with E-state index in [-0.39, 0.29) is 5.91 Å². The minimum atomic E-state index is 0.125. The van der Waals surface area contributed by atoms with E-state index in [9.17, 15) is 4.79 Å². The van der Waals surface area contributed by atoms with Gasteiger partial charge in [0.15, 0.2) is 0 Å². The first-order valence-electron chi connectivity index (χ1n) is 7.30. The lowest BCUT2D eigenvalue weighted by Gasteiger charge is -2.15. The SMILES string of the molecule is Cc1cc(C)c(C)c(CC(=O)NCCCN(C)C)c1C. The first kappa shape index (κ1) is 16.7. The summed E-state index contributed by atoms with van der Waals surface area (Å²) in [6.45, 7) is 10.2. The molecule has 1 aromatic carbocycles. The van der Waals surface area contributed by atoms with E-state index in [0.717, 1.165) is 19.5 Å². The number of carbonyl (C=O) groups is 1. The average Bonchev–Trinajstić information content (AvgIpc) is 2.37. The maximum Gasteiger partial charge on any atom is 0.224 e. The van der Waals surface area contributed by atoms with E-state index in [4.69, 9.17) is 0 Å². The van der Waals surface area contributed by atoms with Crippen molar-refractivity contribution >= 4 is 5.91 Å². The summed E-state index contributed by atoms with van der Waals surface area (Å²) in [6, 6.07) is 2.20. The monoisotopic (exact) mass is 276 g/mol. The molecule has 0 aliphatic heterocycles. The largest absolute Gasteiger partial charge is 0.356 e. The summed E-state index contributed by atoms with van der Waals surface area (Å²) < 4.78 is 0. The lowest BCUT2D eigenvalue weighted by Crippen LogP contribution is -2.29. The van der Waals surface area contributed by atoms with Crippen molar-refractivity contribution in [1.82, 2.24) is 10.2 Å². The zero-order valence-electron chi connectivity index (χ0n) is 13.8. The number of aryl methyl sites for hydroxylation is 2. The number of nitrogens with zero attached hydrogens (tertiary/aromatic N) is 1. The highest BCUT2D eigenvalue weighted by molar-refractivity contribution is 5.79. The fourth-order valence-electron chi connectivity index (χ4n) is 2.41. The Hall–Kier alpha value is -1.35. The molecule has 0 aromatic heterocycles. The highest BCUT2D eigenvalue weighted by atomic mass is 16.1. The molecule has 1 amide bonds. The zero-order valence-corrected chi connectivity index (χ0v) is 13.8. The van der Waals surface area contributed by atoms with Gasteiger partial charge < -0.3 is 10.2 Å². The number of hydrogen-bond acceptors (Lipinski definition) is 2. The van der Waals surface area contributed by atoms with Crippen LogP contribution in [0.3, 0.4) is 0 Å². The Morgan fingerprint density at radius 1 is 1.10 bits per heavy atom. The Morgan fingerprint density at radius 3 is 2.15 bits per heavy atom. The molecule has 0 saturated heterocycles. The number of hydrogen-bond donors (Lipinski definition) is 1. The molecule has 1 N–H and O–H groups in total. The van der Waals surface area contributed by atoms with E-state index in [2.05, 4.69) is 44.0 Å². The smallest absolute Gasteiger partial charge is 0.224 e. The molecular weight excluding hydrogens is 248 g/mol. The van der Waals surface area contributed by atoms with Crippen LogP contribution in [0.25, 0.3) is 0 Å². The number of benzene rings is 1. The van der Waals surface area contributed by atoms with Gasteiger partial charge in [0.1, 0.15) is 0 Å². The molecule has 1 rings (SSSR count). The van der Waals surface area contributed by atoms with Crippen LogP contribution in [0.5, 0.6) is 0 Å². The molecule has 0 unspecified atom stereocenters. The second-order valence-corrected chi connectivity index (χ2v) is 5.92. The van der Waals surface area contributed by atoms with Crippen molar-refractivity contribution in [2.45, 2.75) is 40.5 Å². The first-order chi connectivity index (χ1) is 9.32. The van der Waals surface area contributed by atoms with Gasteiger partial charge in [-0.05, 0) is 82.6 Å². The summed E-state index contributed by atoms with van der Waals surface area (Å²) in [5.74, 6) is 0.125. The van der Waals surface area contributed by atoms with Crippen LogP contribution in [-0.4, -0.2) is 38.0 Å². The fourth-order valence-corrected chi connectivity index (χ4v) is 2.41. The van der Waals surface area contributed by atoms with E-state index < -0.39 is 0 Å². The number of rotatable bonds is 6. The minimum Gasteiger partial charge on any atom is -0.356 e. The molecule has 1 aromatic rings. The summed E-state index contributed by atoms with van der Waals surface area (Å²) in [6.07, 6.45) is 1.48. The molecule has 0 bridgehead atoms. The molecule has 0 heterocycles. The van der Waals surface area contributed by atoms with Crippen molar-refractivity contribution in [3.05, 3.63) is 33.9 Å². The van der Waals surface area contributed by atoms with Crippen LogP contribution in [-0.2, 0) is 11.2 Å². The molecule has 0 radical (unpaired) electrons. The van der Waals surface area contributed by atoms with E-state index >= 15 is 0 Å². The zero-order chi connectivity index (χ0) is 15.3. The second kappa shape index (κ2) is 7.44. The first-order valence-corrected chi connectivity index (χ1v) is 7.30. The van der Waals surface area contributed by atoms with Gasteiger partial charge in [-0.2, -0.15) is 0 Å². The Kier molecular flexibility index (Phi) is 6.21. The molecule has 20 heavy (non-hydrogen) atoms. The van der Waals surface area contributed by atoms with Gasteiger partial charge in [0.2, 0.25) is 5.91 Å². The second-order valence-electron chi connectivity index (χ2n) is 5.92. The maximum absolute atomic E-state index is 12.1. The quantitative estimate of drug-likeness (QED) is 0.810. The molecular formula is C17H28N2O. The van der Waals surface area contributed by atoms with Crippen molar-refractivity contribution in [3.8, 4) is 0 Å². The minimum absolute atomic E-state index is 0.125. The Labute approximate surface area is 123 Å². The Bertz CT molecular complexity index is 452. The molecule has 0 atom stereocenters. The van der Waals surface area contributed by atoms with Gasteiger partial charge in [-0.25, -0.2) is 0 Å². The van der Waals surface area contributed by atoms with Crippen molar-refractivity contribution in [2.24, 2.45) is 0 Å². The summed E-state index contributed by atoms with van der Waals surface area (Å²) in [4.78, 5) is 14.2. The lowest BCUT2D eigenvalue weighted by molar-refractivity contribution is -0.120. The van der Waals surface area contributed by atoms with E-state index in [1.807, 2.05) is 14.1 Å². The molecule has 0 fully saturated rings. The summed E-state index contributed by atoms with van der Waals surface area (Å²) >= 11 is 0. The van der Waals surface area contributed by atoms with Crippen LogP contribution in [0.1, 0.15) is 34.2 Å². The van der Waals surface area contributed by atoms with Crippen LogP contribution >= 0.6 is 0 Å². The van der Waals surface area contributed by atoms with Gasteiger partial charge in [0, 0.05) is 6.54 Å². The molecule has 3 nitrogen and oxygen atoms in total. The molecule has 0 saturated carbocycles. The topological polar surface area (TPSA) is 32.3 Å². The van der Waals surface area contributed by atoms with Gasteiger partial charge in [0.25, 0.3) is 0 Å². The van der Waals surface area contributed by atoms with Crippen LogP contribution < -0.4 is 5.32 Å². The highest BCUT2D eigenvalue weighted by Crippen LogP contribution is 2.21. The van der Waals surface area contributed by atoms with Crippen LogP contribution in [0.15, 0.2) is 6.07 Å². The van der Waals surface area contributed by atoms with Crippen molar-refractivity contribution in [1.29, 1.82) is 0 Å². The van der Waals surface area contributed by atoms with Crippen molar-refractivity contribution in [3.63, 3.8) is 0 Å². The fraction of sp³-hybridized carbons (Fsp3) is 0.588. The number of nitrogens with one attached hydrogen (secondary N) is 1. The summed E-state index contributed by atoms with van der Waals surface area (Å²) in [5.41, 5.74) is 6.22. The molecule has 0 aliphatic carbocycles. The third kappa shape index (κ3) is 4.64. The predicted molar refractivity (Wildman–Crippen MR) is 85.3 cm³/mol. The lowest BCUT2D eigenvalue weighted by atomic mass is 9.92. The molecule has 3 heteroatoms. The Balaban J connectivity index is 2.62. The summed E-state index contributed by atoms with van der Waals surface area (Å²) in [7, 11) is 4.09. The van der Waals surface area contributed by atoms with Gasteiger partial charge >= 0.3 is 0 Å². The third-order valence-electron chi connectivity index (χ3n) is 3.96. The normalized spacial score (nSPS) is 10.9. The predicted octanol–water partition coefficient (Wildman–Crippen LogP) is 2.53. The molecule has 0 spiro atoms.